The van der Waals surface area contributed by atoms with Gasteiger partial charge < -0.3 is 14.4 Å². The van der Waals surface area contributed by atoms with Crippen LogP contribution in [0.2, 0.25) is 0 Å². The van der Waals surface area contributed by atoms with Crippen LogP contribution in [0, 0.1) is 23.0 Å². The molecule has 0 saturated carbocycles. The van der Waals surface area contributed by atoms with E-state index in [9.17, 15) is 24.5 Å². The van der Waals surface area contributed by atoms with Gasteiger partial charge in [0.2, 0.25) is 11.7 Å². The SMILES string of the molecule is COc1ccc(C(=O)[C@H](C)OC(=O)[C@@H]2CC(=O)N(c3ccc(C)c([N+](=O)[O-])c3)C2)cc1. The number of nitrogens with zero attached hydrogens (tertiary/aromatic N) is 2. The van der Waals surface area contributed by atoms with Gasteiger partial charge in [-0.25, -0.2) is 0 Å². The summed E-state index contributed by atoms with van der Waals surface area (Å²) in [5.74, 6) is -1.53. The van der Waals surface area contributed by atoms with E-state index in [-0.39, 0.29) is 30.3 Å². The molecular formula is C22H22N2O7. The largest absolute Gasteiger partial charge is 0.497 e. The number of nitro groups is 1. The number of amides is 1. The second-order valence-electron chi connectivity index (χ2n) is 7.31. The van der Waals surface area contributed by atoms with Crippen LogP contribution in [0.3, 0.4) is 0 Å². The third-order valence-corrected chi connectivity index (χ3v) is 5.20. The highest BCUT2D eigenvalue weighted by Crippen LogP contribution is 2.30. The summed E-state index contributed by atoms with van der Waals surface area (Å²) in [5.41, 5.74) is 1.09. The molecule has 0 radical (unpaired) electrons. The number of nitro benzene ring substituents is 1. The fourth-order valence-corrected chi connectivity index (χ4v) is 3.39. The Hall–Kier alpha value is -3.75. The molecule has 1 aliphatic rings. The van der Waals surface area contributed by atoms with Crippen molar-refractivity contribution in [3.8, 4) is 5.75 Å². The topological polar surface area (TPSA) is 116 Å². The van der Waals surface area contributed by atoms with Gasteiger partial charge >= 0.3 is 5.97 Å². The maximum Gasteiger partial charge on any atom is 0.312 e. The lowest BCUT2D eigenvalue weighted by Gasteiger charge is -2.18. The molecule has 31 heavy (non-hydrogen) atoms. The fourth-order valence-electron chi connectivity index (χ4n) is 3.39. The van der Waals surface area contributed by atoms with E-state index < -0.39 is 22.9 Å². The summed E-state index contributed by atoms with van der Waals surface area (Å²) in [7, 11) is 1.52. The van der Waals surface area contributed by atoms with E-state index in [0.717, 1.165) is 0 Å². The Labute approximate surface area is 178 Å². The highest BCUT2D eigenvalue weighted by Gasteiger charge is 2.38. The molecular weight excluding hydrogens is 404 g/mol. The van der Waals surface area contributed by atoms with Gasteiger partial charge in [0.05, 0.1) is 23.6 Å². The predicted octanol–water partition coefficient (Wildman–Crippen LogP) is 3.08. The second-order valence-corrected chi connectivity index (χ2v) is 7.31. The Balaban J connectivity index is 1.66. The fraction of sp³-hybridized carbons (Fsp3) is 0.318. The van der Waals surface area contributed by atoms with Crippen LogP contribution in [-0.2, 0) is 14.3 Å². The molecule has 0 unspecified atom stereocenters. The third kappa shape index (κ3) is 4.71. The van der Waals surface area contributed by atoms with Crippen molar-refractivity contribution in [2.45, 2.75) is 26.4 Å². The number of hydrogen-bond donors (Lipinski definition) is 0. The smallest absolute Gasteiger partial charge is 0.312 e. The van der Waals surface area contributed by atoms with E-state index >= 15 is 0 Å². The number of esters is 1. The minimum atomic E-state index is -1.02. The average molecular weight is 426 g/mol. The van der Waals surface area contributed by atoms with Crippen molar-refractivity contribution >= 4 is 29.0 Å². The van der Waals surface area contributed by atoms with E-state index in [4.69, 9.17) is 9.47 Å². The van der Waals surface area contributed by atoms with Gasteiger partial charge in [-0.15, -0.1) is 0 Å². The minimum Gasteiger partial charge on any atom is -0.497 e. The van der Waals surface area contributed by atoms with Crippen LogP contribution in [0.1, 0.15) is 29.3 Å². The number of methoxy groups -OCH3 is 1. The van der Waals surface area contributed by atoms with Crippen LogP contribution in [0.5, 0.6) is 5.75 Å². The molecule has 1 aliphatic heterocycles. The zero-order chi connectivity index (χ0) is 22.7. The lowest BCUT2D eigenvalue weighted by molar-refractivity contribution is -0.385. The summed E-state index contributed by atoms with van der Waals surface area (Å²) >= 11 is 0. The van der Waals surface area contributed by atoms with E-state index in [1.165, 1.54) is 25.0 Å². The normalized spacial score (nSPS) is 16.7. The Kier molecular flexibility index (Phi) is 6.33. The summed E-state index contributed by atoms with van der Waals surface area (Å²) in [6, 6.07) is 10.9. The molecule has 2 atom stereocenters. The monoisotopic (exact) mass is 426 g/mol. The average Bonchev–Trinajstić information content (AvgIpc) is 3.15. The van der Waals surface area contributed by atoms with Crippen molar-refractivity contribution in [2.75, 3.05) is 18.6 Å². The van der Waals surface area contributed by atoms with Crippen molar-refractivity contribution in [1.29, 1.82) is 0 Å². The molecule has 1 fully saturated rings. The molecule has 9 heteroatoms. The predicted molar refractivity (Wildman–Crippen MR) is 111 cm³/mol. The number of aryl methyl sites for hydroxylation is 1. The molecule has 3 rings (SSSR count). The molecule has 0 aromatic heterocycles. The molecule has 2 aromatic rings. The van der Waals surface area contributed by atoms with Gasteiger partial charge in [-0.2, -0.15) is 0 Å². The quantitative estimate of drug-likeness (QED) is 0.289. The summed E-state index contributed by atoms with van der Waals surface area (Å²) < 4.78 is 10.4. The van der Waals surface area contributed by atoms with Crippen molar-refractivity contribution in [3.05, 3.63) is 63.7 Å². The van der Waals surface area contributed by atoms with Gasteiger partial charge in [0.1, 0.15) is 5.75 Å². The molecule has 0 N–H and O–H groups in total. The number of ketones is 1. The van der Waals surface area contributed by atoms with Crippen LogP contribution < -0.4 is 9.64 Å². The van der Waals surface area contributed by atoms with Crippen LogP contribution in [-0.4, -0.2) is 42.3 Å². The van der Waals surface area contributed by atoms with Gasteiger partial charge in [-0.1, -0.05) is 6.07 Å². The van der Waals surface area contributed by atoms with Gasteiger partial charge in [-0.05, 0) is 44.2 Å². The first-order chi connectivity index (χ1) is 14.7. The van der Waals surface area contributed by atoms with Crippen molar-refractivity contribution < 1.29 is 28.8 Å². The van der Waals surface area contributed by atoms with Crippen LogP contribution in [0.25, 0.3) is 0 Å². The van der Waals surface area contributed by atoms with E-state index in [1.807, 2.05) is 0 Å². The van der Waals surface area contributed by atoms with Crippen LogP contribution >= 0.6 is 0 Å². The number of ether oxygens (including phenoxy) is 2. The van der Waals surface area contributed by atoms with Crippen molar-refractivity contribution in [2.24, 2.45) is 5.92 Å². The molecule has 9 nitrogen and oxygen atoms in total. The Morgan fingerprint density at radius 3 is 2.48 bits per heavy atom. The zero-order valence-electron chi connectivity index (χ0n) is 17.4. The highest BCUT2D eigenvalue weighted by atomic mass is 16.6. The molecule has 2 aromatic carbocycles. The summed E-state index contributed by atoms with van der Waals surface area (Å²) in [6.07, 6.45) is -1.12. The minimum absolute atomic E-state index is 0.0291. The number of Topliss-reactive ketones (excluding diaryl/α,β-unsaturated/α-hetero) is 1. The summed E-state index contributed by atoms with van der Waals surface area (Å²) in [4.78, 5) is 49.5. The highest BCUT2D eigenvalue weighted by molar-refractivity contribution is 6.02. The zero-order valence-corrected chi connectivity index (χ0v) is 17.4. The first-order valence-corrected chi connectivity index (χ1v) is 9.65. The van der Waals surface area contributed by atoms with E-state index in [0.29, 0.717) is 22.6 Å². The van der Waals surface area contributed by atoms with Gasteiger partial charge in [0.25, 0.3) is 5.69 Å². The van der Waals surface area contributed by atoms with E-state index in [1.54, 1.807) is 43.3 Å². The molecule has 1 amide bonds. The van der Waals surface area contributed by atoms with E-state index in [2.05, 4.69) is 0 Å². The van der Waals surface area contributed by atoms with Gasteiger partial charge in [0.15, 0.2) is 6.10 Å². The standard InChI is InChI=1S/C22H22N2O7/c1-13-4-7-17(11-19(13)24(28)29)23-12-16(10-20(23)25)22(27)31-14(2)21(26)15-5-8-18(30-3)9-6-15/h4-9,11,14,16H,10,12H2,1-3H3/t14-,16+/m0/s1. The number of carbonyl (C=O) groups excluding carboxylic acids is 3. The number of rotatable bonds is 7. The Morgan fingerprint density at radius 1 is 1.19 bits per heavy atom. The Bertz CT molecular complexity index is 1030. The lowest BCUT2D eigenvalue weighted by atomic mass is 10.1. The number of anilines is 1. The molecule has 1 saturated heterocycles. The van der Waals surface area contributed by atoms with Gasteiger partial charge in [0, 0.05) is 30.2 Å². The summed E-state index contributed by atoms with van der Waals surface area (Å²) in [6.45, 7) is 3.11. The van der Waals surface area contributed by atoms with Crippen LogP contribution in [0.4, 0.5) is 11.4 Å². The first kappa shape index (κ1) is 21.9. The molecule has 0 bridgehead atoms. The van der Waals surface area contributed by atoms with Crippen molar-refractivity contribution in [1.82, 2.24) is 0 Å². The van der Waals surface area contributed by atoms with Crippen molar-refractivity contribution in [3.63, 3.8) is 0 Å². The van der Waals surface area contributed by atoms with Crippen LogP contribution in [0.15, 0.2) is 42.5 Å². The number of carbonyl (C=O) groups is 3. The maximum absolute atomic E-state index is 12.6. The molecule has 1 heterocycles. The maximum atomic E-state index is 12.6. The Morgan fingerprint density at radius 2 is 1.87 bits per heavy atom. The number of hydrogen-bond acceptors (Lipinski definition) is 7. The molecule has 0 aliphatic carbocycles. The third-order valence-electron chi connectivity index (χ3n) is 5.20. The van der Waals surface area contributed by atoms with Gasteiger partial charge in [-0.3, -0.25) is 24.5 Å². The molecule has 162 valence electrons. The summed E-state index contributed by atoms with van der Waals surface area (Å²) in [5, 5.41) is 11.2. The number of benzene rings is 2. The second kappa shape index (κ2) is 8.95. The lowest BCUT2D eigenvalue weighted by Crippen LogP contribution is -2.30. The first-order valence-electron chi connectivity index (χ1n) is 9.65. The molecule has 0 spiro atoms.